The minimum absolute atomic E-state index is 0.0182. The minimum atomic E-state index is -0.952. The van der Waals surface area contributed by atoms with Crippen molar-refractivity contribution in [2.24, 2.45) is 0 Å². The smallest absolute Gasteiger partial charge is 0.269 e. The molecule has 0 fully saturated rings. The first-order chi connectivity index (χ1) is 14.8. The van der Waals surface area contributed by atoms with E-state index >= 15 is 0 Å². The molecule has 6 nitrogen and oxygen atoms in total. The Kier molecular flexibility index (Phi) is 5.42. The van der Waals surface area contributed by atoms with Gasteiger partial charge < -0.3 is 4.74 Å². The maximum atomic E-state index is 13.1. The maximum absolute atomic E-state index is 13.1. The molecule has 0 radical (unpaired) electrons. The van der Waals surface area contributed by atoms with Crippen molar-refractivity contribution < 1.29 is 19.1 Å². The van der Waals surface area contributed by atoms with Gasteiger partial charge in [0.2, 0.25) is 0 Å². The number of carbonyl (C=O) groups is 3. The number of ether oxygens (including phenoxy) is 1. The quantitative estimate of drug-likeness (QED) is 0.454. The highest BCUT2D eigenvalue weighted by molar-refractivity contribution is 6.36. The van der Waals surface area contributed by atoms with Crippen molar-refractivity contribution in [3.05, 3.63) is 91.9 Å². The van der Waals surface area contributed by atoms with Crippen LogP contribution in [0.3, 0.4) is 0 Å². The number of hydrogen-bond acceptors (Lipinski definition) is 5. The Hall–Kier alpha value is -3.37. The number of fused-ring (bicyclic) bond motifs is 1. The van der Waals surface area contributed by atoms with E-state index in [-0.39, 0.29) is 43.8 Å². The molecule has 9 heteroatoms. The summed E-state index contributed by atoms with van der Waals surface area (Å²) in [5.74, 6) is -2.12. The molecule has 0 saturated carbocycles. The van der Waals surface area contributed by atoms with Crippen LogP contribution < -0.4 is 4.74 Å². The van der Waals surface area contributed by atoms with Crippen molar-refractivity contribution in [1.29, 1.82) is 5.26 Å². The van der Waals surface area contributed by atoms with Crippen molar-refractivity contribution in [1.82, 2.24) is 4.90 Å². The van der Waals surface area contributed by atoms with Crippen LogP contribution in [0.1, 0.15) is 36.6 Å². The summed E-state index contributed by atoms with van der Waals surface area (Å²) >= 11 is 17.9. The molecular weight excluding hydrogens is 463 g/mol. The summed E-state index contributed by atoms with van der Waals surface area (Å²) < 4.78 is 5.69. The molecule has 0 bridgehead atoms. The molecule has 1 heterocycles. The van der Waals surface area contributed by atoms with Crippen LogP contribution in [0, 0.1) is 11.3 Å². The Morgan fingerprint density at radius 1 is 0.871 bits per heavy atom. The third-order valence-corrected chi connectivity index (χ3v) is 5.28. The molecule has 3 aromatic rings. The van der Waals surface area contributed by atoms with Gasteiger partial charge in [-0.1, -0.05) is 34.8 Å². The van der Waals surface area contributed by atoms with E-state index in [9.17, 15) is 19.6 Å². The summed E-state index contributed by atoms with van der Waals surface area (Å²) in [7, 11) is 0. The molecule has 0 aromatic heterocycles. The van der Waals surface area contributed by atoms with E-state index in [1.54, 1.807) is 6.07 Å². The van der Waals surface area contributed by atoms with Crippen molar-refractivity contribution in [2.45, 2.75) is 0 Å². The average Bonchev–Trinajstić information content (AvgIpc) is 2.99. The van der Waals surface area contributed by atoms with E-state index < -0.39 is 17.7 Å². The minimum Gasteiger partial charge on any atom is -0.456 e. The summed E-state index contributed by atoms with van der Waals surface area (Å²) in [4.78, 5) is 39.0. The fourth-order valence-electron chi connectivity index (χ4n) is 3.06. The molecular formula is C22H9Cl3N2O4. The van der Waals surface area contributed by atoms with Gasteiger partial charge in [0.25, 0.3) is 17.7 Å². The molecule has 0 unspecified atom stereocenters. The van der Waals surface area contributed by atoms with Gasteiger partial charge >= 0.3 is 0 Å². The first kappa shape index (κ1) is 20.9. The Morgan fingerprint density at radius 3 is 2.26 bits per heavy atom. The third-order valence-electron chi connectivity index (χ3n) is 4.52. The zero-order valence-electron chi connectivity index (χ0n) is 15.4. The highest BCUT2D eigenvalue weighted by Gasteiger charge is 2.41. The lowest BCUT2D eigenvalue weighted by atomic mass is 10.1. The van der Waals surface area contributed by atoms with Crippen LogP contribution in [-0.4, -0.2) is 22.6 Å². The molecule has 4 rings (SSSR count). The summed E-state index contributed by atoms with van der Waals surface area (Å²) in [6.45, 7) is 0. The highest BCUT2D eigenvalue weighted by Crippen LogP contribution is 2.33. The number of nitrogens with zero attached hydrogens (tertiary/aromatic N) is 2. The van der Waals surface area contributed by atoms with Gasteiger partial charge in [-0.05, 0) is 54.6 Å². The summed E-state index contributed by atoms with van der Waals surface area (Å²) in [5, 5.41) is 10.3. The number of imide groups is 3. The van der Waals surface area contributed by atoms with Crippen LogP contribution in [0.4, 0.5) is 0 Å². The maximum Gasteiger partial charge on any atom is 0.269 e. The first-order valence-electron chi connectivity index (χ1n) is 8.70. The van der Waals surface area contributed by atoms with Crippen LogP contribution in [0.25, 0.3) is 0 Å². The predicted molar refractivity (Wildman–Crippen MR) is 114 cm³/mol. The fraction of sp³-hybridized carbons (Fsp3) is 0. The number of nitriles is 1. The Balaban J connectivity index is 1.71. The molecule has 0 spiro atoms. The zero-order valence-corrected chi connectivity index (χ0v) is 17.6. The van der Waals surface area contributed by atoms with Gasteiger partial charge in [0.15, 0.2) is 0 Å². The number of halogens is 3. The van der Waals surface area contributed by atoms with Crippen LogP contribution in [0.5, 0.6) is 11.5 Å². The summed E-state index contributed by atoms with van der Waals surface area (Å²) in [6, 6.07) is 14.7. The van der Waals surface area contributed by atoms with Gasteiger partial charge in [0, 0.05) is 10.0 Å². The lowest BCUT2D eigenvalue weighted by Gasteiger charge is -2.14. The Labute approximate surface area is 191 Å². The van der Waals surface area contributed by atoms with E-state index in [1.807, 2.05) is 6.07 Å². The second-order valence-corrected chi connectivity index (χ2v) is 7.72. The molecule has 0 atom stereocenters. The Bertz CT molecular complexity index is 1330. The lowest BCUT2D eigenvalue weighted by molar-refractivity contribution is 0.0566. The van der Waals surface area contributed by atoms with Crippen LogP contribution in [-0.2, 0) is 0 Å². The van der Waals surface area contributed by atoms with Crippen molar-refractivity contribution in [3.8, 4) is 17.6 Å². The van der Waals surface area contributed by atoms with Crippen LogP contribution in [0.2, 0.25) is 15.1 Å². The molecule has 3 amide bonds. The largest absolute Gasteiger partial charge is 0.456 e. The summed E-state index contributed by atoms with van der Waals surface area (Å²) in [5.41, 5.74) is -0.133. The second-order valence-electron chi connectivity index (χ2n) is 6.44. The van der Waals surface area contributed by atoms with Gasteiger partial charge in [-0.15, -0.1) is 0 Å². The number of benzene rings is 3. The van der Waals surface area contributed by atoms with Crippen molar-refractivity contribution >= 4 is 52.5 Å². The van der Waals surface area contributed by atoms with E-state index in [0.29, 0.717) is 9.92 Å². The Morgan fingerprint density at radius 2 is 1.55 bits per heavy atom. The SMILES string of the molecule is N#Cc1ccc(Oc2ccc(Cl)cc2Cl)cc1C(=O)N1C(=O)c2ccc(Cl)cc2C1=O. The average molecular weight is 472 g/mol. The van der Waals surface area contributed by atoms with E-state index in [2.05, 4.69) is 0 Å². The fourth-order valence-corrected chi connectivity index (χ4v) is 3.68. The predicted octanol–water partition coefficient (Wildman–Crippen LogP) is 5.75. The number of rotatable bonds is 3. The van der Waals surface area contributed by atoms with E-state index in [4.69, 9.17) is 39.5 Å². The molecule has 0 aliphatic carbocycles. The van der Waals surface area contributed by atoms with Gasteiger partial charge in [0.05, 0.1) is 33.3 Å². The second kappa shape index (κ2) is 8.05. The zero-order chi connectivity index (χ0) is 22.3. The van der Waals surface area contributed by atoms with Gasteiger partial charge in [-0.25, -0.2) is 4.90 Å². The normalized spacial score (nSPS) is 12.5. The van der Waals surface area contributed by atoms with Gasteiger partial charge in [-0.3, -0.25) is 14.4 Å². The number of amides is 3. The van der Waals surface area contributed by atoms with Crippen molar-refractivity contribution in [3.63, 3.8) is 0 Å². The third kappa shape index (κ3) is 3.75. The molecule has 1 aliphatic heterocycles. The molecule has 3 aromatic carbocycles. The highest BCUT2D eigenvalue weighted by atomic mass is 35.5. The van der Waals surface area contributed by atoms with Crippen LogP contribution in [0.15, 0.2) is 54.6 Å². The van der Waals surface area contributed by atoms with Gasteiger partial charge in [0.1, 0.15) is 11.5 Å². The molecule has 0 N–H and O–H groups in total. The van der Waals surface area contributed by atoms with E-state index in [0.717, 1.165) is 0 Å². The molecule has 152 valence electrons. The topological polar surface area (TPSA) is 87.5 Å². The molecule has 31 heavy (non-hydrogen) atoms. The molecule has 0 saturated heterocycles. The van der Waals surface area contributed by atoms with Crippen LogP contribution >= 0.6 is 34.8 Å². The number of hydrogen-bond donors (Lipinski definition) is 0. The summed E-state index contributed by atoms with van der Waals surface area (Å²) in [6.07, 6.45) is 0. The van der Waals surface area contributed by atoms with Gasteiger partial charge in [-0.2, -0.15) is 5.26 Å². The number of carbonyl (C=O) groups excluding carboxylic acids is 3. The first-order valence-corrected chi connectivity index (χ1v) is 9.83. The monoisotopic (exact) mass is 470 g/mol. The van der Waals surface area contributed by atoms with E-state index in [1.165, 1.54) is 48.5 Å². The standard InChI is InChI=1S/C22H9Cl3N2O4/c23-12-2-5-15-17(7-12)22(30)27(20(15)28)21(29)16-9-14(4-1-11(16)10-26)31-19-6-3-13(24)8-18(19)25/h1-9H. The lowest BCUT2D eigenvalue weighted by Crippen LogP contribution is -2.36. The van der Waals surface area contributed by atoms with Crippen molar-refractivity contribution in [2.75, 3.05) is 0 Å². The molecule has 1 aliphatic rings.